The number of hydrogen-bond donors (Lipinski definition) is 0. The smallest absolute Gasteiger partial charge is 0.310 e. The Labute approximate surface area is 168 Å². The Hall–Kier alpha value is -2.61. The molecule has 0 spiro atoms. The molecule has 1 amide bonds. The second kappa shape index (κ2) is 9.54. The van der Waals surface area contributed by atoms with Crippen LogP contribution in [0.2, 0.25) is 0 Å². The molecule has 28 heavy (non-hydrogen) atoms. The minimum Gasteiger partial charge on any atom is -0.493 e. The molecule has 1 atom stereocenters. The van der Waals surface area contributed by atoms with Gasteiger partial charge in [0.1, 0.15) is 6.61 Å². The number of benzene rings is 1. The van der Waals surface area contributed by atoms with Gasteiger partial charge in [-0.05, 0) is 38.0 Å². The van der Waals surface area contributed by atoms with Crippen molar-refractivity contribution < 1.29 is 23.8 Å². The zero-order chi connectivity index (χ0) is 19.9. The molecule has 1 aliphatic rings. The number of amides is 1. The first-order valence-electron chi connectivity index (χ1n) is 9.26. The summed E-state index contributed by atoms with van der Waals surface area (Å²) in [7, 11) is 1.54. The molecule has 2 heterocycles. The van der Waals surface area contributed by atoms with Gasteiger partial charge in [-0.25, -0.2) is 4.98 Å². The lowest BCUT2D eigenvalue weighted by Gasteiger charge is -2.31. The van der Waals surface area contributed by atoms with Gasteiger partial charge in [-0.1, -0.05) is 0 Å². The van der Waals surface area contributed by atoms with Crippen molar-refractivity contribution in [1.82, 2.24) is 9.88 Å². The van der Waals surface area contributed by atoms with Gasteiger partial charge in [-0.3, -0.25) is 9.59 Å². The molecule has 8 heteroatoms. The highest BCUT2D eigenvalue weighted by molar-refractivity contribution is 7.07. The minimum absolute atomic E-state index is 0.127. The van der Waals surface area contributed by atoms with Gasteiger partial charge in [0.15, 0.2) is 11.5 Å². The van der Waals surface area contributed by atoms with E-state index in [2.05, 4.69) is 4.98 Å². The number of likely N-dealkylation sites (tertiary alicyclic amines) is 1. The van der Waals surface area contributed by atoms with Crippen LogP contribution in [0, 0.1) is 5.92 Å². The van der Waals surface area contributed by atoms with E-state index in [1.807, 2.05) is 5.38 Å². The Morgan fingerprint density at radius 1 is 1.32 bits per heavy atom. The van der Waals surface area contributed by atoms with Crippen molar-refractivity contribution in [2.24, 2.45) is 5.92 Å². The van der Waals surface area contributed by atoms with Crippen LogP contribution >= 0.6 is 11.3 Å². The molecule has 0 bridgehead atoms. The quantitative estimate of drug-likeness (QED) is 0.660. The monoisotopic (exact) mass is 404 g/mol. The summed E-state index contributed by atoms with van der Waals surface area (Å²) in [6.45, 7) is 3.47. The summed E-state index contributed by atoms with van der Waals surface area (Å²) in [6, 6.07) is 5.12. The molecule has 0 N–H and O–H groups in total. The highest BCUT2D eigenvalue weighted by Crippen LogP contribution is 2.30. The van der Waals surface area contributed by atoms with Crippen LogP contribution in [-0.2, 0) is 16.1 Å². The lowest BCUT2D eigenvalue weighted by Crippen LogP contribution is -2.42. The largest absolute Gasteiger partial charge is 0.493 e. The molecule has 7 nitrogen and oxygen atoms in total. The number of esters is 1. The van der Waals surface area contributed by atoms with Crippen molar-refractivity contribution in [3.05, 3.63) is 40.3 Å². The highest BCUT2D eigenvalue weighted by atomic mass is 32.1. The number of carbonyl (C=O) groups excluding carboxylic acids is 2. The third-order valence-electron chi connectivity index (χ3n) is 4.60. The number of piperidine rings is 1. The van der Waals surface area contributed by atoms with Gasteiger partial charge in [0.2, 0.25) is 0 Å². The molecule has 150 valence electrons. The van der Waals surface area contributed by atoms with Crippen molar-refractivity contribution in [2.45, 2.75) is 26.4 Å². The van der Waals surface area contributed by atoms with Gasteiger partial charge >= 0.3 is 5.97 Å². The molecule has 1 saturated heterocycles. The number of aromatic nitrogens is 1. The fourth-order valence-electron chi connectivity index (χ4n) is 3.18. The third kappa shape index (κ3) is 4.81. The summed E-state index contributed by atoms with van der Waals surface area (Å²) < 4.78 is 16.3. The van der Waals surface area contributed by atoms with Crippen molar-refractivity contribution in [3.8, 4) is 11.5 Å². The van der Waals surface area contributed by atoms with Crippen LogP contribution in [-0.4, -0.2) is 48.6 Å². The molecule has 1 aromatic carbocycles. The van der Waals surface area contributed by atoms with E-state index in [0.29, 0.717) is 43.4 Å². The normalized spacial score (nSPS) is 16.5. The van der Waals surface area contributed by atoms with E-state index in [1.54, 1.807) is 35.5 Å². The molecular formula is C20H24N2O5S. The molecule has 0 radical (unpaired) electrons. The van der Waals surface area contributed by atoms with Crippen molar-refractivity contribution in [3.63, 3.8) is 0 Å². The van der Waals surface area contributed by atoms with E-state index in [0.717, 1.165) is 18.5 Å². The zero-order valence-electron chi connectivity index (χ0n) is 16.1. The summed E-state index contributed by atoms with van der Waals surface area (Å²) in [5.74, 6) is 0.414. The van der Waals surface area contributed by atoms with Crippen molar-refractivity contribution in [2.75, 3.05) is 26.8 Å². The first-order chi connectivity index (χ1) is 13.6. The number of methoxy groups -OCH3 is 1. The fraction of sp³-hybridized carbons (Fsp3) is 0.450. The number of carbonyl (C=O) groups is 2. The Morgan fingerprint density at radius 2 is 2.18 bits per heavy atom. The standard InChI is InChI=1S/C20H24N2O5S/c1-3-26-20(24)15-5-4-8-22(10-15)19(23)14-6-7-17(18(9-14)25-2)27-11-16-12-28-13-21-16/h6-7,9,12-13,15H,3-5,8,10-11H2,1-2H3/t15-/m1/s1. The maximum Gasteiger partial charge on any atom is 0.310 e. The van der Waals surface area contributed by atoms with Gasteiger partial charge in [0, 0.05) is 24.0 Å². The Kier molecular flexibility index (Phi) is 6.86. The molecule has 2 aromatic rings. The molecule has 1 aliphatic heterocycles. The lowest BCUT2D eigenvalue weighted by atomic mass is 9.97. The second-order valence-electron chi connectivity index (χ2n) is 6.48. The number of rotatable bonds is 7. The molecule has 3 rings (SSSR count). The van der Waals surface area contributed by atoms with Gasteiger partial charge in [0.05, 0.1) is 30.8 Å². The first kappa shape index (κ1) is 20.1. The van der Waals surface area contributed by atoms with E-state index in [-0.39, 0.29) is 17.8 Å². The molecule has 1 aromatic heterocycles. The highest BCUT2D eigenvalue weighted by Gasteiger charge is 2.30. The van der Waals surface area contributed by atoms with Gasteiger partial charge in [0.25, 0.3) is 5.91 Å². The van der Waals surface area contributed by atoms with E-state index in [1.165, 1.54) is 18.4 Å². The molecule has 0 aliphatic carbocycles. The van der Waals surface area contributed by atoms with Crippen molar-refractivity contribution >= 4 is 23.2 Å². The van der Waals surface area contributed by atoms with Crippen LogP contribution in [0.5, 0.6) is 11.5 Å². The second-order valence-corrected chi connectivity index (χ2v) is 7.20. The van der Waals surface area contributed by atoms with Gasteiger partial charge < -0.3 is 19.1 Å². The van der Waals surface area contributed by atoms with Crippen LogP contribution in [0.25, 0.3) is 0 Å². The Morgan fingerprint density at radius 3 is 2.89 bits per heavy atom. The van der Waals surface area contributed by atoms with Gasteiger partial charge in [-0.2, -0.15) is 0 Å². The maximum atomic E-state index is 12.9. The van der Waals surface area contributed by atoms with Crippen LogP contribution in [0.3, 0.4) is 0 Å². The number of ether oxygens (including phenoxy) is 3. The Bertz CT molecular complexity index is 809. The number of thiazole rings is 1. The topological polar surface area (TPSA) is 78.0 Å². The summed E-state index contributed by atoms with van der Waals surface area (Å²) in [6.07, 6.45) is 1.52. The average molecular weight is 404 g/mol. The minimum atomic E-state index is -0.264. The summed E-state index contributed by atoms with van der Waals surface area (Å²) in [5, 5.41) is 1.92. The van der Waals surface area contributed by atoms with Crippen molar-refractivity contribution in [1.29, 1.82) is 0 Å². The van der Waals surface area contributed by atoms with Crippen LogP contribution in [0.15, 0.2) is 29.1 Å². The summed E-state index contributed by atoms with van der Waals surface area (Å²) in [5.41, 5.74) is 3.09. The Balaban J connectivity index is 1.68. The van der Waals surface area contributed by atoms with Crippen LogP contribution < -0.4 is 9.47 Å². The predicted octanol–water partition coefficient (Wildman–Crippen LogP) is 3.15. The summed E-state index contributed by atoms with van der Waals surface area (Å²) >= 11 is 1.51. The fourth-order valence-corrected chi connectivity index (χ4v) is 3.72. The predicted molar refractivity (Wildman–Crippen MR) is 105 cm³/mol. The maximum absolute atomic E-state index is 12.9. The third-order valence-corrected chi connectivity index (χ3v) is 5.23. The molecule has 0 unspecified atom stereocenters. The van der Waals surface area contributed by atoms with E-state index >= 15 is 0 Å². The average Bonchev–Trinajstić information content (AvgIpc) is 3.25. The number of nitrogens with zero attached hydrogens (tertiary/aromatic N) is 2. The molecule has 0 saturated carbocycles. The molecule has 1 fully saturated rings. The van der Waals surface area contributed by atoms with E-state index in [4.69, 9.17) is 14.2 Å². The van der Waals surface area contributed by atoms with Gasteiger partial charge in [-0.15, -0.1) is 11.3 Å². The first-order valence-corrected chi connectivity index (χ1v) is 10.2. The molecular weight excluding hydrogens is 380 g/mol. The van der Waals surface area contributed by atoms with E-state index < -0.39 is 0 Å². The van der Waals surface area contributed by atoms with E-state index in [9.17, 15) is 9.59 Å². The zero-order valence-corrected chi connectivity index (χ0v) is 16.9. The number of hydrogen-bond acceptors (Lipinski definition) is 7. The summed E-state index contributed by atoms with van der Waals surface area (Å²) in [4.78, 5) is 30.8. The van der Waals surface area contributed by atoms with Crippen LogP contribution in [0.1, 0.15) is 35.8 Å². The lowest BCUT2D eigenvalue weighted by molar-refractivity contribution is -0.149. The SMILES string of the molecule is CCOC(=O)[C@@H]1CCCN(C(=O)c2ccc(OCc3cscn3)c(OC)c2)C1. The van der Waals surface area contributed by atoms with Crippen LogP contribution in [0.4, 0.5) is 0 Å².